The Kier molecular flexibility index (Phi) is 4.15. The van der Waals surface area contributed by atoms with Crippen LogP contribution in [-0.4, -0.2) is 45.3 Å². The number of benzene rings is 1. The van der Waals surface area contributed by atoms with Crippen molar-refractivity contribution in [3.63, 3.8) is 0 Å². The molecule has 1 fully saturated rings. The first-order valence-corrected chi connectivity index (χ1v) is 8.43. The maximum absolute atomic E-state index is 13.9. The summed E-state index contributed by atoms with van der Waals surface area (Å²) in [5.41, 5.74) is 3.66. The van der Waals surface area contributed by atoms with Gasteiger partial charge in [-0.15, -0.1) is 0 Å². The largest absolute Gasteiger partial charge is 0.503 e. The topological polar surface area (TPSA) is 115 Å². The Morgan fingerprint density at radius 1 is 1.29 bits per heavy atom. The van der Waals surface area contributed by atoms with Gasteiger partial charge in [0, 0.05) is 18.7 Å². The minimum atomic E-state index is -1.03. The van der Waals surface area contributed by atoms with Gasteiger partial charge in [-0.2, -0.15) is 0 Å². The quantitative estimate of drug-likeness (QED) is 0.784. The maximum Gasteiger partial charge on any atom is 0.276 e. The fraction of sp³-hybridized carbons (Fsp3) is 0.278. The van der Waals surface area contributed by atoms with E-state index in [-0.39, 0.29) is 30.8 Å². The van der Waals surface area contributed by atoms with Crippen LogP contribution >= 0.6 is 0 Å². The molecule has 0 saturated carbocycles. The predicted molar refractivity (Wildman–Crippen MR) is 90.6 cm³/mol. The van der Waals surface area contributed by atoms with Crippen molar-refractivity contribution in [1.29, 1.82) is 0 Å². The third kappa shape index (κ3) is 2.82. The van der Waals surface area contributed by atoms with Crippen molar-refractivity contribution in [3.8, 4) is 5.75 Å². The van der Waals surface area contributed by atoms with Gasteiger partial charge in [-0.05, 0) is 11.6 Å². The van der Waals surface area contributed by atoms with Gasteiger partial charge in [0.05, 0.1) is 19.2 Å². The number of amides is 2. The Bertz CT molecular complexity index is 1070. The highest BCUT2D eigenvalue weighted by Crippen LogP contribution is 2.30. The molecule has 1 aromatic heterocycles. The Morgan fingerprint density at radius 3 is 2.71 bits per heavy atom. The van der Waals surface area contributed by atoms with Gasteiger partial charge in [0.25, 0.3) is 11.8 Å². The monoisotopic (exact) mass is 391 g/mol. The zero-order valence-electron chi connectivity index (χ0n) is 14.4. The number of nitrogens with zero attached hydrogens (tertiary/aromatic N) is 2. The lowest BCUT2D eigenvalue weighted by molar-refractivity contribution is -0.0144. The number of fused-ring (bicyclic) bond motifs is 2. The number of hydrogen-bond acceptors (Lipinski definition) is 5. The molecule has 0 bridgehead atoms. The number of carbonyl (C=O) groups is 2. The Balaban J connectivity index is 1.62. The van der Waals surface area contributed by atoms with E-state index in [0.717, 1.165) is 18.3 Å². The number of halogens is 2. The van der Waals surface area contributed by atoms with Crippen LogP contribution in [0, 0.1) is 11.6 Å². The first-order valence-electron chi connectivity index (χ1n) is 8.43. The summed E-state index contributed by atoms with van der Waals surface area (Å²) in [6.45, 7) is 0.156. The molecule has 2 atom stereocenters. The summed E-state index contributed by atoms with van der Waals surface area (Å²) in [4.78, 5) is 37.5. The van der Waals surface area contributed by atoms with E-state index in [1.807, 2.05) is 0 Å². The van der Waals surface area contributed by atoms with Gasteiger partial charge in [-0.3, -0.25) is 14.4 Å². The van der Waals surface area contributed by atoms with Crippen molar-refractivity contribution in [2.75, 3.05) is 6.54 Å². The van der Waals surface area contributed by atoms with Crippen molar-refractivity contribution < 1.29 is 28.2 Å². The molecule has 3 N–H and O–H groups in total. The second-order valence-corrected chi connectivity index (χ2v) is 6.70. The molecule has 0 aliphatic carbocycles. The molecule has 0 radical (unpaired) electrons. The van der Waals surface area contributed by atoms with Gasteiger partial charge < -0.3 is 25.0 Å². The third-order valence-corrected chi connectivity index (χ3v) is 4.90. The van der Waals surface area contributed by atoms with Crippen LogP contribution in [0.1, 0.15) is 26.4 Å². The van der Waals surface area contributed by atoms with E-state index in [4.69, 9.17) is 10.5 Å². The summed E-state index contributed by atoms with van der Waals surface area (Å²) in [6.07, 6.45) is -0.0614. The van der Waals surface area contributed by atoms with E-state index < -0.39 is 52.5 Å². The molecular weight excluding hydrogens is 376 g/mol. The van der Waals surface area contributed by atoms with Crippen LogP contribution < -0.4 is 11.2 Å². The van der Waals surface area contributed by atoms with Crippen LogP contribution in [0.2, 0.25) is 0 Å². The summed E-state index contributed by atoms with van der Waals surface area (Å²) in [5, 5.41) is 10.1. The molecule has 3 heterocycles. The summed E-state index contributed by atoms with van der Waals surface area (Å²) in [5.74, 6) is -3.93. The number of aromatic nitrogens is 1. The molecule has 0 spiro atoms. The van der Waals surface area contributed by atoms with E-state index in [1.165, 1.54) is 15.5 Å². The highest BCUT2D eigenvalue weighted by molar-refractivity contribution is 5.98. The zero-order chi connectivity index (χ0) is 20.2. The molecule has 4 rings (SSSR count). The second-order valence-electron chi connectivity index (χ2n) is 6.70. The average Bonchev–Trinajstić information content (AvgIpc) is 3.03. The standard InChI is InChI=1S/C18H15F2N3O5/c19-9-2-1-8(12(20)4-9)3-10-5-23-13(28-10)7-22-6-11(17(21)26)15(24)16(25)14(22)18(23)27/h1-2,4,6,10,13,25H,3,5,7H2,(H2,21,26). The maximum atomic E-state index is 13.9. The van der Waals surface area contributed by atoms with Crippen LogP contribution in [0.25, 0.3) is 0 Å². The molecule has 1 saturated heterocycles. The van der Waals surface area contributed by atoms with Crippen molar-refractivity contribution in [2.45, 2.75) is 25.3 Å². The number of primary amides is 1. The first-order chi connectivity index (χ1) is 13.3. The molecule has 10 heteroatoms. The number of aromatic hydroxyl groups is 1. The SMILES string of the molecule is NC(=O)c1cn2c(c(O)c1=O)C(=O)N1CC(Cc3ccc(F)cc3F)OC1C2. The lowest BCUT2D eigenvalue weighted by Crippen LogP contribution is -2.46. The van der Waals surface area contributed by atoms with Crippen LogP contribution in [-0.2, 0) is 17.7 Å². The molecule has 2 aliphatic heterocycles. The van der Waals surface area contributed by atoms with Gasteiger partial charge in [0.1, 0.15) is 17.2 Å². The van der Waals surface area contributed by atoms with E-state index in [1.54, 1.807) is 0 Å². The fourth-order valence-corrected chi connectivity index (χ4v) is 3.57. The third-order valence-electron chi connectivity index (χ3n) is 4.90. The van der Waals surface area contributed by atoms with E-state index in [9.17, 15) is 28.3 Å². The van der Waals surface area contributed by atoms with Crippen molar-refractivity contribution >= 4 is 11.8 Å². The zero-order valence-corrected chi connectivity index (χ0v) is 14.4. The minimum absolute atomic E-state index is 0.0532. The molecule has 1 aromatic carbocycles. The smallest absolute Gasteiger partial charge is 0.276 e. The lowest BCUT2D eigenvalue weighted by atomic mass is 10.1. The van der Waals surface area contributed by atoms with Crippen molar-refractivity contribution in [2.24, 2.45) is 5.73 Å². The predicted octanol–water partition coefficient (Wildman–Crippen LogP) is 0.354. The van der Waals surface area contributed by atoms with Gasteiger partial charge in [-0.1, -0.05) is 6.07 Å². The number of nitrogens with two attached hydrogens (primary N) is 1. The normalized spacial score (nSPS) is 20.8. The van der Waals surface area contributed by atoms with Crippen molar-refractivity contribution in [1.82, 2.24) is 9.47 Å². The van der Waals surface area contributed by atoms with Gasteiger partial charge in [0.15, 0.2) is 17.7 Å². The minimum Gasteiger partial charge on any atom is -0.503 e. The Labute approximate surface area is 156 Å². The van der Waals surface area contributed by atoms with E-state index in [0.29, 0.717) is 0 Å². The molecular formula is C18H15F2N3O5. The lowest BCUT2D eigenvalue weighted by Gasteiger charge is -2.31. The fourth-order valence-electron chi connectivity index (χ4n) is 3.57. The molecule has 28 heavy (non-hydrogen) atoms. The highest BCUT2D eigenvalue weighted by atomic mass is 19.1. The Hall–Kier alpha value is -3.27. The molecule has 146 valence electrons. The van der Waals surface area contributed by atoms with Crippen molar-refractivity contribution in [3.05, 3.63) is 63.1 Å². The molecule has 2 amide bonds. The number of ether oxygens (including phenoxy) is 1. The summed E-state index contributed by atoms with van der Waals surface area (Å²) in [6, 6.07) is 3.22. The second kappa shape index (κ2) is 6.41. The highest BCUT2D eigenvalue weighted by Gasteiger charge is 2.43. The first kappa shape index (κ1) is 18.1. The summed E-state index contributed by atoms with van der Waals surface area (Å²) < 4.78 is 34.0. The Morgan fingerprint density at radius 2 is 2.04 bits per heavy atom. The number of carbonyl (C=O) groups excluding carboxylic acids is 2. The number of pyridine rings is 1. The summed E-state index contributed by atoms with van der Waals surface area (Å²) >= 11 is 0. The number of hydrogen-bond donors (Lipinski definition) is 2. The van der Waals surface area contributed by atoms with Crippen LogP contribution in [0.15, 0.2) is 29.2 Å². The van der Waals surface area contributed by atoms with Gasteiger partial charge in [-0.25, -0.2) is 8.78 Å². The van der Waals surface area contributed by atoms with Crippen LogP contribution in [0.5, 0.6) is 5.75 Å². The van der Waals surface area contributed by atoms with E-state index in [2.05, 4.69) is 0 Å². The van der Waals surface area contributed by atoms with E-state index >= 15 is 0 Å². The van der Waals surface area contributed by atoms with Crippen LogP contribution in [0.4, 0.5) is 8.78 Å². The van der Waals surface area contributed by atoms with Gasteiger partial charge in [0.2, 0.25) is 5.43 Å². The number of rotatable bonds is 3. The van der Waals surface area contributed by atoms with Gasteiger partial charge >= 0.3 is 0 Å². The molecule has 2 unspecified atom stereocenters. The summed E-state index contributed by atoms with van der Waals surface area (Å²) in [7, 11) is 0. The molecule has 2 aromatic rings. The van der Waals surface area contributed by atoms with Crippen LogP contribution in [0.3, 0.4) is 0 Å². The molecule has 8 nitrogen and oxygen atoms in total. The molecule has 2 aliphatic rings. The average molecular weight is 391 g/mol.